The summed E-state index contributed by atoms with van der Waals surface area (Å²) in [7, 11) is 0. The lowest BCUT2D eigenvalue weighted by atomic mass is 9.96. The molecule has 2 rings (SSSR count). The topological polar surface area (TPSA) is 55.1 Å². The van der Waals surface area contributed by atoms with Crippen molar-refractivity contribution >= 4 is 5.91 Å². The van der Waals surface area contributed by atoms with Crippen LogP contribution in [0.5, 0.6) is 0 Å². The van der Waals surface area contributed by atoms with Crippen molar-refractivity contribution in [2.24, 2.45) is 5.73 Å². The Balaban J connectivity index is 2.45. The highest BCUT2D eigenvalue weighted by molar-refractivity contribution is 5.80. The lowest BCUT2D eigenvalue weighted by molar-refractivity contribution is -0.121. The summed E-state index contributed by atoms with van der Waals surface area (Å²) in [4.78, 5) is 11.1. The smallest absolute Gasteiger partial charge is 0.224 e. The Labute approximate surface area is 76.9 Å². The van der Waals surface area contributed by atoms with Gasteiger partial charge in [0.15, 0.2) is 0 Å². The largest absolute Gasteiger partial charge is 0.352 e. The van der Waals surface area contributed by atoms with Crippen molar-refractivity contribution in [1.29, 1.82) is 0 Å². The van der Waals surface area contributed by atoms with Gasteiger partial charge < -0.3 is 11.1 Å². The quantitative estimate of drug-likeness (QED) is 0.647. The zero-order valence-corrected chi connectivity index (χ0v) is 7.34. The molecule has 1 heterocycles. The van der Waals surface area contributed by atoms with Gasteiger partial charge in [-0.15, -0.1) is 0 Å². The van der Waals surface area contributed by atoms with Crippen molar-refractivity contribution in [3.05, 3.63) is 34.9 Å². The highest BCUT2D eigenvalue weighted by Gasteiger charge is 2.16. The second-order valence-corrected chi connectivity index (χ2v) is 3.21. The first-order chi connectivity index (χ1) is 6.31. The first-order valence-corrected chi connectivity index (χ1v) is 4.37. The van der Waals surface area contributed by atoms with Gasteiger partial charge in [-0.05, 0) is 16.7 Å². The van der Waals surface area contributed by atoms with Crippen molar-refractivity contribution in [2.75, 3.05) is 0 Å². The zero-order chi connectivity index (χ0) is 9.26. The van der Waals surface area contributed by atoms with E-state index in [4.69, 9.17) is 5.73 Å². The van der Waals surface area contributed by atoms with Crippen LogP contribution in [0, 0.1) is 0 Å². The molecule has 0 saturated carbocycles. The summed E-state index contributed by atoms with van der Waals surface area (Å²) >= 11 is 0. The minimum absolute atomic E-state index is 0.0988. The molecule has 0 aliphatic carbocycles. The van der Waals surface area contributed by atoms with Gasteiger partial charge in [0.25, 0.3) is 0 Å². The molecule has 68 valence electrons. The maximum Gasteiger partial charge on any atom is 0.224 e. The third-order valence-electron chi connectivity index (χ3n) is 2.40. The monoisotopic (exact) mass is 176 g/mol. The van der Waals surface area contributed by atoms with Crippen LogP contribution in [0.3, 0.4) is 0 Å². The fraction of sp³-hybridized carbons (Fsp3) is 0.300. The van der Waals surface area contributed by atoms with E-state index in [2.05, 4.69) is 5.32 Å². The first kappa shape index (κ1) is 8.26. The van der Waals surface area contributed by atoms with Gasteiger partial charge in [0.2, 0.25) is 5.91 Å². The molecular formula is C10H12N2O. The molecule has 3 nitrogen and oxygen atoms in total. The predicted octanol–water partition coefficient (Wildman–Crippen LogP) is 0.318. The highest BCUT2D eigenvalue weighted by atomic mass is 16.1. The van der Waals surface area contributed by atoms with Gasteiger partial charge in [0.1, 0.15) is 0 Å². The van der Waals surface area contributed by atoms with E-state index in [1.807, 2.05) is 18.2 Å². The number of carbonyl (C=O) groups is 1. The number of hydrogen-bond acceptors (Lipinski definition) is 2. The third kappa shape index (κ3) is 1.42. The minimum Gasteiger partial charge on any atom is -0.352 e. The van der Waals surface area contributed by atoms with Gasteiger partial charge in [0, 0.05) is 13.1 Å². The predicted molar refractivity (Wildman–Crippen MR) is 49.9 cm³/mol. The Hall–Kier alpha value is -1.35. The zero-order valence-electron chi connectivity index (χ0n) is 7.34. The average Bonchev–Trinajstić information content (AvgIpc) is 2.16. The standard InChI is InChI=1S/C10H12N2O/c11-5-8-3-1-2-7-4-10(13)12-6-9(7)8/h1-3H,4-6,11H2,(H,12,13). The number of nitrogens with one attached hydrogen (secondary N) is 1. The summed E-state index contributed by atoms with van der Waals surface area (Å²) in [6.07, 6.45) is 0.489. The third-order valence-corrected chi connectivity index (χ3v) is 2.40. The van der Waals surface area contributed by atoms with Crippen LogP contribution in [-0.2, 0) is 24.3 Å². The maximum atomic E-state index is 11.1. The molecule has 0 spiro atoms. The molecule has 0 radical (unpaired) electrons. The van der Waals surface area contributed by atoms with E-state index in [1.54, 1.807) is 0 Å². The fourth-order valence-electron chi connectivity index (χ4n) is 1.69. The molecule has 0 bridgehead atoms. The molecule has 1 aliphatic heterocycles. The van der Waals surface area contributed by atoms with Gasteiger partial charge in [-0.1, -0.05) is 18.2 Å². The molecular weight excluding hydrogens is 164 g/mol. The number of benzene rings is 1. The van der Waals surface area contributed by atoms with Crippen molar-refractivity contribution < 1.29 is 4.79 Å². The number of amides is 1. The Morgan fingerprint density at radius 1 is 1.46 bits per heavy atom. The van der Waals surface area contributed by atoms with Crippen molar-refractivity contribution in [3.63, 3.8) is 0 Å². The van der Waals surface area contributed by atoms with E-state index in [0.717, 1.165) is 11.1 Å². The van der Waals surface area contributed by atoms with Gasteiger partial charge in [-0.3, -0.25) is 4.79 Å². The molecule has 1 amide bonds. The number of nitrogens with two attached hydrogens (primary N) is 1. The fourth-order valence-corrected chi connectivity index (χ4v) is 1.69. The second-order valence-electron chi connectivity index (χ2n) is 3.21. The Bertz CT molecular complexity index is 347. The molecule has 1 aromatic carbocycles. The normalized spacial score (nSPS) is 15.0. The highest BCUT2D eigenvalue weighted by Crippen LogP contribution is 2.18. The molecule has 3 N–H and O–H groups in total. The van der Waals surface area contributed by atoms with Gasteiger partial charge in [-0.2, -0.15) is 0 Å². The lowest BCUT2D eigenvalue weighted by Gasteiger charge is -2.19. The number of carbonyl (C=O) groups excluding carboxylic acids is 1. The Morgan fingerprint density at radius 2 is 2.31 bits per heavy atom. The summed E-state index contributed by atoms with van der Waals surface area (Å²) in [5, 5.41) is 2.82. The molecule has 13 heavy (non-hydrogen) atoms. The van der Waals surface area contributed by atoms with Crippen molar-refractivity contribution in [2.45, 2.75) is 19.5 Å². The van der Waals surface area contributed by atoms with Crippen LogP contribution in [0.1, 0.15) is 16.7 Å². The summed E-state index contributed by atoms with van der Waals surface area (Å²) < 4.78 is 0. The van der Waals surface area contributed by atoms with Crippen LogP contribution >= 0.6 is 0 Å². The van der Waals surface area contributed by atoms with Crippen molar-refractivity contribution in [1.82, 2.24) is 5.32 Å². The minimum atomic E-state index is 0.0988. The van der Waals surface area contributed by atoms with Crippen LogP contribution in [0.15, 0.2) is 18.2 Å². The molecule has 0 unspecified atom stereocenters. The lowest BCUT2D eigenvalue weighted by Crippen LogP contribution is -2.31. The molecule has 1 aromatic rings. The number of rotatable bonds is 1. The van der Waals surface area contributed by atoms with E-state index in [9.17, 15) is 4.79 Å². The van der Waals surface area contributed by atoms with Gasteiger partial charge in [-0.25, -0.2) is 0 Å². The Morgan fingerprint density at radius 3 is 3.08 bits per heavy atom. The van der Waals surface area contributed by atoms with Crippen LogP contribution in [0.4, 0.5) is 0 Å². The second kappa shape index (κ2) is 3.18. The Kier molecular flexibility index (Phi) is 2.02. The number of hydrogen-bond donors (Lipinski definition) is 2. The molecule has 0 fully saturated rings. The van der Waals surface area contributed by atoms with E-state index >= 15 is 0 Å². The summed E-state index contributed by atoms with van der Waals surface area (Å²) in [6.45, 7) is 1.17. The first-order valence-electron chi connectivity index (χ1n) is 4.37. The molecule has 3 heteroatoms. The molecule has 0 aromatic heterocycles. The number of fused-ring (bicyclic) bond motifs is 1. The summed E-state index contributed by atoms with van der Waals surface area (Å²) in [6, 6.07) is 5.96. The molecule has 0 saturated heterocycles. The maximum absolute atomic E-state index is 11.1. The van der Waals surface area contributed by atoms with Crippen LogP contribution in [0.25, 0.3) is 0 Å². The van der Waals surface area contributed by atoms with Crippen LogP contribution < -0.4 is 11.1 Å². The van der Waals surface area contributed by atoms with E-state index in [1.165, 1.54) is 5.56 Å². The van der Waals surface area contributed by atoms with Gasteiger partial charge >= 0.3 is 0 Å². The van der Waals surface area contributed by atoms with E-state index < -0.39 is 0 Å². The van der Waals surface area contributed by atoms with Crippen molar-refractivity contribution in [3.8, 4) is 0 Å². The summed E-state index contributed by atoms with van der Waals surface area (Å²) in [5.41, 5.74) is 9.05. The average molecular weight is 176 g/mol. The molecule has 1 aliphatic rings. The molecule has 0 atom stereocenters. The SMILES string of the molecule is NCc1cccc2c1CNC(=O)C2. The van der Waals surface area contributed by atoms with Crippen LogP contribution in [-0.4, -0.2) is 5.91 Å². The summed E-state index contributed by atoms with van der Waals surface area (Å²) in [5.74, 6) is 0.0988. The van der Waals surface area contributed by atoms with Gasteiger partial charge in [0.05, 0.1) is 6.42 Å². The van der Waals surface area contributed by atoms with E-state index in [0.29, 0.717) is 19.5 Å². The van der Waals surface area contributed by atoms with E-state index in [-0.39, 0.29) is 5.91 Å². The van der Waals surface area contributed by atoms with Crippen LogP contribution in [0.2, 0.25) is 0 Å².